The molecule has 0 radical (unpaired) electrons. The summed E-state index contributed by atoms with van der Waals surface area (Å²) in [4.78, 5) is 21.0. The molecule has 10 nitrogen and oxygen atoms in total. The van der Waals surface area contributed by atoms with Gasteiger partial charge in [0, 0.05) is 12.1 Å². The van der Waals surface area contributed by atoms with Gasteiger partial charge in [-0.25, -0.2) is 0 Å². The molecular weight excluding hydrogens is 396 g/mol. The van der Waals surface area contributed by atoms with Gasteiger partial charge < -0.3 is 19.3 Å². The van der Waals surface area contributed by atoms with Gasteiger partial charge in [-0.2, -0.15) is 0 Å². The molecule has 4 unspecified atom stereocenters. The Bertz CT molecular complexity index is 935. The molecule has 0 bridgehead atoms. The number of aliphatic hydroxyl groups is 1. The number of nitro groups is 2. The molecule has 0 amide bonds. The fraction of sp³-hybridized carbons (Fsp3) is 0.300. The van der Waals surface area contributed by atoms with Crippen LogP contribution in [0.15, 0.2) is 61.2 Å². The largest absolute Gasteiger partial charge is 0.483 e. The van der Waals surface area contributed by atoms with Crippen molar-refractivity contribution in [3.8, 4) is 11.5 Å². The fourth-order valence-corrected chi connectivity index (χ4v) is 3.24. The van der Waals surface area contributed by atoms with Gasteiger partial charge >= 0.3 is 0 Å². The number of hydrogen-bond donors (Lipinski definition) is 1. The first kappa shape index (κ1) is 21.2. The number of aliphatic hydroxyl groups excluding tert-OH is 1. The van der Waals surface area contributed by atoms with E-state index in [4.69, 9.17) is 14.2 Å². The van der Waals surface area contributed by atoms with E-state index in [0.717, 1.165) is 0 Å². The highest BCUT2D eigenvalue weighted by molar-refractivity contribution is 5.39. The third kappa shape index (κ3) is 4.73. The summed E-state index contributed by atoms with van der Waals surface area (Å²) in [6.07, 6.45) is -0.869. The average Bonchev–Trinajstić information content (AvgIpc) is 3.05. The van der Waals surface area contributed by atoms with Crippen molar-refractivity contribution in [2.45, 2.75) is 30.8 Å². The molecule has 0 aromatic heterocycles. The summed E-state index contributed by atoms with van der Waals surface area (Å²) in [6.45, 7) is 3.32. The smallest absolute Gasteiger partial charge is 0.273 e. The minimum absolute atomic E-state index is 0.137. The summed E-state index contributed by atoms with van der Waals surface area (Å²) in [7, 11) is 0. The molecule has 3 rings (SSSR count). The average molecular weight is 416 g/mol. The van der Waals surface area contributed by atoms with E-state index in [0.29, 0.717) is 6.42 Å². The molecule has 0 spiro atoms. The minimum atomic E-state index is -0.818. The predicted molar refractivity (Wildman–Crippen MR) is 106 cm³/mol. The van der Waals surface area contributed by atoms with E-state index >= 15 is 0 Å². The number of hydrogen-bond acceptors (Lipinski definition) is 8. The summed E-state index contributed by atoms with van der Waals surface area (Å²) < 4.78 is 17.7. The van der Waals surface area contributed by atoms with E-state index < -0.39 is 34.3 Å². The molecular formula is C20H20N2O8. The van der Waals surface area contributed by atoms with Crippen molar-refractivity contribution in [3.63, 3.8) is 0 Å². The van der Waals surface area contributed by atoms with Crippen LogP contribution >= 0.6 is 0 Å². The summed E-state index contributed by atoms with van der Waals surface area (Å²) in [5.41, 5.74) is -0.285. The zero-order valence-corrected chi connectivity index (χ0v) is 15.8. The molecule has 0 saturated carbocycles. The maximum Gasteiger partial charge on any atom is 0.273 e. The van der Waals surface area contributed by atoms with Gasteiger partial charge in [0.05, 0.1) is 28.6 Å². The standard InChI is InChI=1S/C20H20N2O8/c1-2-5-17-19(28-15-8-3-6-13(10-15)21(24)25)20(18(12-23)30-17)29-16-9-4-7-14(11-16)22(26)27/h2-4,6-11,17-20,23H,1,5,12H2. The topological polar surface area (TPSA) is 134 Å². The van der Waals surface area contributed by atoms with Gasteiger partial charge in [0.2, 0.25) is 0 Å². The van der Waals surface area contributed by atoms with Crippen LogP contribution in [-0.2, 0) is 4.74 Å². The minimum Gasteiger partial charge on any atom is -0.483 e. The van der Waals surface area contributed by atoms with Gasteiger partial charge in [-0.3, -0.25) is 20.2 Å². The highest BCUT2D eigenvalue weighted by atomic mass is 16.6. The Labute approximate surface area is 171 Å². The molecule has 1 fully saturated rings. The fourth-order valence-electron chi connectivity index (χ4n) is 3.24. The van der Waals surface area contributed by atoms with Gasteiger partial charge in [0.25, 0.3) is 11.4 Å². The number of ether oxygens (including phenoxy) is 3. The molecule has 1 aliphatic heterocycles. The van der Waals surface area contributed by atoms with Crippen LogP contribution in [0.5, 0.6) is 11.5 Å². The third-order valence-electron chi connectivity index (χ3n) is 4.59. The summed E-state index contributed by atoms with van der Waals surface area (Å²) in [5.74, 6) is 0.446. The Kier molecular flexibility index (Phi) is 6.60. The lowest BCUT2D eigenvalue weighted by atomic mass is 10.0. The first-order chi connectivity index (χ1) is 14.4. The lowest BCUT2D eigenvalue weighted by molar-refractivity contribution is -0.385. The van der Waals surface area contributed by atoms with Crippen LogP contribution in [0.2, 0.25) is 0 Å². The number of nitrogens with zero attached hydrogens (tertiary/aromatic N) is 2. The molecule has 10 heteroatoms. The summed E-state index contributed by atoms with van der Waals surface area (Å²) >= 11 is 0. The van der Waals surface area contributed by atoms with Crippen molar-refractivity contribution in [2.24, 2.45) is 0 Å². The zero-order chi connectivity index (χ0) is 21.7. The van der Waals surface area contributed by atoms with Gasteiger partial charge in [-0.05, 0) is 18.6 Å². The van der Waals surface area contributed by atoms with Crippen LogP contribution < -0.4 is 9.47 Å². The van der Waals surface area contributed by atoms with E-state index in [1.807, 2.05) is 0 Å². The molecule has 2 aromatic carbocycles. The summed E-state index contributed by atoms with van der Waals surface area (Å²) in [6, 6.07) is 11.3. The van der Waals surface area contributed by atoms with Crippen LogP contribution in [0.4, 0.5) is 11.4 Å². The van der Waals surface area contributed by atoms with Crippen LogP contribution in [-0.4, -0.2) is 46.0 Å². The second-order valence-corrected chi connectivity index (χ2v) is 6.59. The van der Waals surface area contributed by atoms with Gasteiger partial charge in [0.15, 0.2) is 12.2 Å². The van der Waals surface area contributed by atoms with E-state index in [1.165, 1.54) is 36.4 Å². The van der Waals surface area contributed by atoms with Gasteiger partial charge in [0.1, 0.15) is 23.7 Å². The molecule has 1 aliphatic rings. The number of nitro benzene ring substituents is 2. The van der Waals surface area contributed by atoms with Crippen LogP contribution in [0.1, 0.15) is 6.42 Å². The SMILES string of the molecule is C=CCC1OC(CO)C(Oc2cccc([N+](=O)[O-])c2)C1Oc1cccc([N+](=O)[O-])c1. The molecule has 2 aromatic rings. The van der Waals surface area contributed by atoms with Crippen LogP contribution in [0, 0.1) is 20.2 Å². The lowest BCUT2D eigenvalue weighted by Crippen LogP contribution is -2.42. The lowest BCUT2D eigenvalue weighted by Gasteiger charge is -2.25. The maximum absolute atomic E-state index is 11.0. The monoisotopic (exact) mass is 416 g/mol. The quantitative estimate of drug-likeness (QED) is 0.374. The Morgan fingerprint density at radius 3 is 1.90 bits per heavy atom. The van der Waals surface area contributed by atoms with Crippen molar-refractivity contribution in [3.05, 3.63) is 81.4 Å². The molecule has 1 N–H and O–H groups in total. The normalized spacial score (nSPS) is 23.0. The highest BCUT2D eigenvalue weighted by Gasteiger charge is 2.47. The molecule has 0 aliphatic carbocycles. The number of benzene rings is 2. The molecule has 1 heterocycles. The Morgan fingerprint density at radius 2 is 1.47 bits per heavy atom. The molecule has 1 saturated heterocycles. The van der Waals surface area contributed by atoms with Crippen LogP contribution in [0.25, 0.3) is 0 Å². The Balaban J connectivity index is 1.90. The van der Waals surface area contributed by atoms with Gasteiger partial charge in [-0.1, -0.05) is 18.2 Å². The van der Waals surface area contributed by atoms with Gasteiger partial charge in [-0.15, -0.1) is 6.58 Å². The summed E-state index contributed by atoms with van der Waals surface area (Å²) in [5, 5.41) is 31.8. The van der Waals surface area contributed by atoms with E-state index in [1.54, 1.807) is 18.2 Å². The van der Waals surface area contributed by atoms with Crippen molar-refractivity contribution in [1.82, 2.24) is 0 Å². The van der Waals surface area contributed by atoms with Crippen molar-refractivity contribution in [1.29, 1.82) is 0 Å². The second kappa shape index (κ2) is 9.33. The number of non-ortho nitro benzene ring substituents is 2. The van der Waals surface area contributed by atoms with E-state index in [9.17, 15) is 25.3 Å². The Morgan fingerprint density at radius 1 is 0.967 bits per heavy atom. The first-order valence-electron chi connectivity index (χ1n) is 9.12. The predicted octanol–water partition coefficient (Wildman–Crippen LogP) is 3.03. The Hall–Kier alpha value is -3.50. The number of rotatable bonds is 9. The van der Waals surface area contributed by atoms with Crippen molar-refractivity contribution >= 4 is 11.4 Å². The molecule has 30 heavy (non-hydrogen) atoms. The van der Waals surface area contributed by atoms with E-state index in [-0.39, 0.29) is 29.5 Å². The molecule has 4 atom stereocenters. The van der Waals surface area contributed by atoms with E-state index in [2.05, 4.69) is 6.58 Å². The maximum atomic E-state index is 11.0. The molecule has 158 valence electrons. The second-order valence-electron chi connectivity index (χ2n) is 6.59. The first-order valence-corrected chi connectivity index (χ1v) is 9.12. The van der Waals surface area contributed by atoms with Crippen molar-refractivity contribution < 1.29 is 29.2 Å². The van der Waals surface area contributed by atoms with Crippen LogP contribution in [0.3, 0.4) is 0 Å². The highest BCUT2D eigenvalue weighted by Crippen LogP contribution is 2.33. The zero-order valence-electron chi connectivity index (χ0n) is 15.8. The van der Waals surface area contributed by atoms with Crippen molar-refractivity contribution in [2.75, 3.05) is 6.61 Å². The third-order valence-corrected chi connectivity index (χ3v) is 4.59.